The maximum atomic E-state index is 14.1. The molecular weight excluding hydrogens is 325 g/mol. The van der Waals surface area contributed by atoms with Gasteiger partial charge in [-0.3, -0.25) is 4.79 Å². The Bertz CT molecular complexity index is 726. The van der Waals surface area contributed by atoms with Crippen LogP contribution in [0, 0.1) is 12.7 Å². The van der Waals surface area contributed by atoms with Crippen molar-refractivity contribution in [1.82, 2.24) is 20.2 Å². The summed E-state index contributed by atoms with van der Waals surface area (Å²) in [6.07, 6.45) is 2.72. The number of aliphatic hydroxyl groups is 1. The van der Waals surface area contributed by atoms with E-state index in [2.05, 4.69) is 20.8 Å². The van der Waals surface area contributed by atoms with Crippen molar-refractivity contribution in [2.24, 2.45) is 0 Å². The number of rotatable bonds is 8. The topological polar surface area (TPSA) is 92.9 Å². The molecule has 25 heavy (non-hydrogen) atoms. The van der Waals surface area contributed by atoms with Gasteiger partial charge in [-0.1, -0.05) is 26.7 Å². The number of nitrogens with zero attached hydrogens (tertiary/aromatic N) is 4. The summed E-state index contributed by atoms with van der Waals surface area (Å²) in [5, 5.41) is 24.3. The number of amides is 1. The van der Waals surface area contributed by atoms with Gasteiger partial charge in [0.25, 0.3) is 0 Å². The van der Waals surface area contributed by atoms with Crippen LogP contribution in [0.3, 0.4) is 0 Å². The average Bonchev–Trinajstić information content (AvgIpc) is 2.95. The summed E-state index contributed by atoms with van der Waals surface area (Å²) in [7, 11) is 0. The highest BCUT2D eigenvalue weighted by Crippen LogP contribution is 2.25. The van der Waals surface area contributed by atoms with Gasteiger partial charge in [-0.15, -0.1) is 5.10 Å². The van der Waals surface area contributed by atoms with Gasteiger partial charge in [-0.25, -0.2) is 4.39 Å². The number of tetrazole rings is 1. The Balaban J connectivity index is 2.15. The lowest BCUT2D eigenvalue weighted by Gasteiger charge is -2.26. The average molecular weight is 349 g/mol. The van der Waals surface area contributed by atoms with Crippen LogP contribution in [-0.4, -0.2) is 36.8 Å². The quantitative estimate of drug-likeness (QED) is 0.764. The number of aromatic nitrogens is 4. The molecule has 0 unspecified atom stereocenters. The molecule has 2 aromatic rings. The molecule has 0 fully saturated rings. The number of nitrogens with one attached hydrogen (secondary N) is 1. The van der Waals surface area contributed by atoms with Crippen LogP contribution in [0.1, 0.15) is 51.8 Å². The van der Waals surface area contributed by atoms with Crippen molar-refractivity contribution in [2.75, 3.05) is 5.32 Å². The van der Waals surface area contributed by atoms with Crippen molar-refractivity contribution in [3.63, 3.8) is 0 Å². The Labute approximate surface area is 146 Å². The third-order valence-electron chi connectivity index (χ3n) is 4.00. The largest absolute Gasteiger partial charge is 0.389 e. The molecule has 1 amide bonds. The van der Waals surface area contributed by atoms with Gasteiger partial charge >= 0.3 is 0 Å². The van der Waals surface area contributed by atoms with Crippen LogP contribution in [-0.2, 0) is 4.79 Å². The van der Waals surface area contributed by atoms with Crippen LogP contribution in [0.2, 0.25) is 0 Å². The highest BCUT2D eigenvalue weighted by molar-refractivity contribution is 5.91. The summed E-state index contributed by atoms with van der Waals surface area (Å²) in [6, 6.07) is 4.18. The maximum Gasteiger partial charge on any atom is 0.227 e. The van der Waals surface area contributed by atoms with E-state index in [1.807, 2.05) is 13.8 Å². The van der Waals surface area contributed by atoms with Gasteiger partial charge in [0.05, 0.1) is 12.0 Å². The number of hydrogen-bond donors (Lipinski definition) is 2. The van der Waals surface area contributed by atoms with Gasteiger partial charge in [0.15, 0.2) is 5.82 Å². The summed E-state index contributed by atoms with van der Waals surface area (Å²) in [5.41, 5.74) is -0.438. The second-order valence-corrected chi connectivity index (χ2v) is 6.25. The van der Waals surface area contributed by atoms with E-state index in [0.29, 0.717) is 24.4 Å². The predicted molar refractivity (Wildman–Crippen MR) is 91.9 cm³/mol. The second-order valence-electron chi connectivity index (χ2n) is 6.25. The van der Waals surface area contributed by atoms with Gasteiger partial charge in [0.2, 0.25) is 5.91 Å². The molecule has 2 N–H and O–H groups in total. The van der Waals surface area contributed by atoms with E-state index in [-0.39, 0.29) is 18.0 Å². The van der Waals surface area contributed by atoms with Gasteiger partial charge in [-0.05, 0) is 48.4 Å². The Kier molecular flexibility index (Phi) is 6.19. The number of carbonyl (C=O) groups is 1. The number of anilines is 1. The molecule has 8 heteroatoms. The lowest BCUT2D eigenvalue weighted by Crippen LogP contribution is -2.33. The van der Waals surface area contributed by atoms with E-state index in [1.165, 1.54) is 22.9 Å². The van der Waals surface area contributed by atoms with E-state index in [9.17, 15) is 14.3 Å². The number of halogens is 1. The van der Waals surface area contributed by atoms with Crippen molar-refractivity contribution < 1.29 is 14.3 Å². The zero-order chi connectivity index (χ0) is 18.4. The maximum absolute atomic E-state index is 14.1. The summed E-state index contributed by atoms with van der Waals surface area (Å²) >= 11 is 0. The molecule has 0 radical (unpaired) electrons. The van der Waals surface area contributed by atoms with Crippen molar-refractivity contribution >= 4 is 11.6 Å². The summed E-state index contributed by atoms with van der Waals surface area (Å²) in [4.78, 5) is 12.3. The smallest absolute Gasteiger partial charge is 0.227 e. The normalized spacial score (nSPS) is 11.6. The molecule has 1 heterocycles. The molecule has 0 spiro atoms. The lowest BCUT2D eigenvalue weighted by atomic mass is 9.89. The molecule has 0 aliphatic heterocycles. The molecule has 0 saturated heterocycles. The molecule has 2 rings (SSSR count). The van der Waals surface area contributed by atoms with Crippen molar-refractivity contribution in [2.45, 2.75) is 58.5 Å². The molecule has 0 bridgehead atoms. The van der Waals surface area contributed by atoms with Crippen LogP contribution in [0.5, 0.6) is 0 Å². The summed E-state index contributed by atoms with van der Waals surface area (Å²) < 4.78 is 15.3. The minimum Gasteiger partial charge on any atom is -0.389 e. The minimum atomic E-state index is -1.01. The van der Waals surface area contributed by atoms with Crippen molar-refractivity contribution in [3.05, 3.63) is 29.8 Å². The Morgan fingerprint density at radius 1 is 1.32 bits per heavy atom. The first-order valence-electron chi connectivity index (χ1n) is 8.45. The van der Waals surface area contributed by atoms with E-state index in [1.54, 1.807) is 6.92 Å². The van der Waals surface area contributed by atoms with E-state index < -0.39 is 11.4 Å². The highest BCUT2D eigenvalue weighted by Gasteiger charge is 2.28. The second kappa shape index (κ2) is 8.15. The van der Waals surface area contributed by atoms with Gasteiger partial charge < -0.3 is 10.4 Å². The minimum absolute atomic E-state index is 0.00526. The van der Waals surface area contributed by atoms with Crippen LogP contribution >= 0.6 is 0 Å². The van der Waals surface area contributed by atoms with Gasteiger partial charge in [0, 0.05) is 5.69 Å². The first-order valence-corrected chi connectivity index (χ1v) is 8.45. The van der Waals surface area contributed by atoms with E-state index >= 15 is 0 Å². The molecule has 7 nitrogen and oxygen atoms in total. The molecular formula is C17H24FN5O2. The number of carbonyl (C=O) groups excluding carboxylic acids is 1. The standard InChI is InChI=1S/C17H24FN5O2/c1-4-8-17(25,9-5-2)11-16(24)19-13-6-7-14(18)15(10-13)23-12(3)20-21-22-23/h6-7,10,25H,4-5,8-9,11H2,1-3H3,(H,19,24). The fraction of sp³-hybridized carbons (Fsp3) is 0.529. The molecule has 0 aliphatic carbocycles. The zero-order valence-electron chi connectivity index (χ0n) is 14.8. The SMILES string of the molecule is CCCC(O)(CCC)CC(=O)Nc1ccc(F)c(-n2nnnc2C)c1. The molecule has 1 aromatic heterocycles. The van der Waals surface area contributed by atoms with Crippen LogP contribution in [0.4, 0.5) is 10.1 Å². The molecule has 136 valence electrons. The van der Waals surface area contributed by atoms with Crippen LogP contribution < -0.4 is 5.32 Å². The van der Waals surface area contributed by atoms with Crippen LogP contribution in [0.15, 0.2) is 18.2 Å². The van der Waals surface area contributed by atoms with Gasteiger partial charge in [0.1, 0.15) is 11.5 Å². The first-order chi connectivity index (χ1) is 11.9. The Morgan fingerprint density at radius 3 is 2.56 bits per heavy atom. The summed E-state index contributed by atoms with van der Waals surface area (Å²) in [5.74, 6) is -0.375. The Morgan fingerprint density at radius 2 is 2.00 bits per heavy atom. The molecule has 1 aromatic carbocycles. The van der Waals surface area contributed by atoms with Crippen molar-refractivity contribution in [3.8, 4) is 5.69 Å². The molecule has 0 atom stereocenters. The van der Waals surface area contributed by atoms with E-state index in [0.717, 1.165) is 12.8 Å². The third kappa shape index (κ3) is 4.82. The zero-order valence-corrected chi connectivity index (χ0v) is 14.8. The van der Waals surface area contributed by atoms with Crippen molar-refractivity contribution in [1.29, 1.82) is 0 Å². The third-order valence-corrected chi connectivity index (χ3v) is 4.00. The number of hydrogen-bond acceptors (Lipinski definition) is 5. The predicted octanol–water partition coefficient (Wildman–Crippen LogP) is 2.77. The molecule has 0 aliphatic rings. The van der Waals surface area contributed by atoms with E-state index in [4.69, 9.17) is 0 Å². The van der Waals surface area contributed by atoms with Crippen LogP contribution in [0.25, 0.3) is 5.69 Å². The van der Waals surface area contributed by atoms with Gasteiger partial charge in [-0.2, -0.15) is 4.68 Å². The lowest BCUT2D eigenvalue weighted by molar-refractivity contribution is -0.121. The molecule has 0 saturated carbocycles. The fourth-order valence-electron chi connectivity index (χ4n) is 2.94. The fourth-order valence-corrected chi connectivity index (χ4v) is 2.94. The number of aryl methyl sites for hydroxylation is 1. The Hall–Kier alpha value is -2.35. The summed E-state index contributed by atoms with van der Waals surface area (Å²) in [6.45, 7) is 5.60. The highest BCUT2D eigenvalue weighted by atomic mass is 19.1. The first kappa shape index (κ1) is 19.0. The number of benzene rings is 1. The monoisotopic (exact) mass is 349 g/mol.